The van der Waals surface area contributed by atoms with Gasteiger partial charge in [-0.2, -0.15) is 0 Å². The second-order valence-corrected chi connectivity index (χ2v) is 6.67. The second kappa shape index (κ2) is 10.3. The van der Waals surface area contributed by atoms with Crippen LogP contribution in [-0.2, 0) is 24.1 Å². The number of hydrogen-bond acceptors (Lipinski definition) is 2. The number of benzene rings is 2. The number of aryl methyl sites for hydroxylation is 1. The van der Waals surface area contributed by atoms with E-state index in [0.717, 1.165) is 36.2 Å². The van der Waals surface area contributed by atoms with Gasteiger partial charge in [-0.1, -0.05) is 24.3 Å². The molecule has 0 saturated heterocycles. The lowest BCUT2D eigenvalue weighted by Crippen LogP contribution is -2.24. The van der Waals surface area contributed by atoms with Crippen molar-refractivity contribution in [2.75, 3.05) is 17.2 Å². The maximum atomic E-state index is 11.0. The lowest BCUT2D eigenvalue weighted by Gasteiger charge is -2.19. The van der Waals surface area contributed by atoms with E-state index in [9.17, 15) is 4.79 Å². The van der Waals surface area contributed by atoms with E-state index < -0.39 is 0 Å². The van der Waals surface area contributed by atoms with Crippen LogP contribution in [0.1, 0.15) is 36.5 Å². The molecular weight excluding hydrogens is 451 g/mol. The van der Waals surface area contributed by atoms with E-state index in [1.54, 1.807) is 0 Å². The molecule has 1 amide bonds. The van der Waals surface area contributed by atoms with Gasteiger partial charge in [-0.3, -0.25) is 9.79 Å². The third kappa shape index (κ3) is 6.23. The lowest BCUT2D eigenvalue weighted by molar-refractivity contribution is -0.114. The van der Waals surface area contributed by atoms with Crippen molar-refractivity contribution in [3.63, 3.8) is 0 Å². The van der Waals surface area contributed by atoms with Crippen LogP contribution in [0.25, 0.3) is 0 Å². The van der Waals surface area contributed by atoms with Gasteiger partial charge in [0.25, 0.3) is 0 Å². The van der Waals surface area contributed by atoms with Crippen LogP contribution in [0.3, 0.4) is 0 Å². The average Bonchev–Trinajstić information content (AvgIpc) is 2.63. The Labute approximate surface area is 177 Å². The number of anilines is 2. The van der Waals surface area contributed by atoms with Gasteiger partial charge in [0.05, 0.1) is 0 Å². The zero-order valence-corrected chi connectivity index (χ0v) is 18.0. The van der Waals surface area contributed by atoms with E-state index in [1.165, 1.54) is 30.9 Å². The van der Waals surface area contributed by atoms with Gasteiger partial charge in [0, 0.05) is 24.8 Å². The molecule has 0 aromatic heterocycles. The number of carbonyl (C=O) groups excluding carboxylic acids is 1. The summed E-state index contributed by atoms with van der Waals surface area (Å²) in [6.07, 6.45) is 5.55. The molecule has 27 heavy (non-hydrogen) atoms. The Bertz CT molecular complexity index is 802. The van der Waals surface area contributed by atoms with Crippen molar-refractivity contribution >= 4 is 47.2 Å². The van der Waals surface area contributed by atoms with Gasteiger partial charge in [-0.15, -0.1) is 24.0 Å². The maximum Gasteiger partial charge on any atom is 0.221 e. The number of carbonyl (C=O) groups is 1. The first-order valence-corrected chi connectivity index (χ1v) is 9.16. The summed E-state index contributed by atoms with van der Waals surface area (Å²) >= 11 is 0. The van der Waals surface area contributed by atoms with Crippen LogP contribution < -0.4 is 16.4 Å². The van der Waals surface area contributed by atoms with Crippen LogP contribution in [0.2, 0.25) is 0 Å². The monoisotopic (exact) mass is 478 g/mol. The quantitative estimate of drug-likeness (QED) is 0.344. The fraction of sp³-hybridized carbons (Fsp3) is 0.333. The van der Waals surface area contributed by atoms with E-state index in [0.29, 0.717) is 12.5 Å². The smallest absolute Gasteiger partial charge is 0.221 e. The number of rotatable bonds is 5. The number of nitrogens with one attached hydrogen (secondary N) is 2. The molecule has 0 heterocycles. The highest BCUT2D eigenvalue weighted by atomic mass is 127. The third-order valence-corrected chi connectivity index (χ3v) is 4.62. The normalized spacial score (nSPS) is 13.3. The first-order chi connectivity index (χ1) is 12.6. The van der Waals surface area contributed by atoms with E-state index in [1.807, 2.05) is 24.3 Å². The van der Waals surface area contributed by atoms with Crippen LogP contribution in [0.4, 0.5) is 11.4 Å². The molecule has 3 rings (SSSR count). The number of guanidine groups is 1. The fourth-order valence-corrected chi connectivity index (χ4v) is 3.34. The standard InChI is InChI=1S/C21H26N4O.HI/c1-15(26)24-18-11-9-16(10-12-18)13-14-23-21(22)25-20-8-4-6-17-5-2-3-7-19(17)20;/h4,6,8-12H,2-3,5,7,13-14H2,1H3,(H,24,26)(H3,22,23,25);1H. The van der Waals surface area contributed by atoms with Gasteiger partial charge in [0.2, 0.25) is 5.91 Å². The number of halogens is 1. The molecule has 0 aliphatic heterocycles. The molecule has 6 heteroatoms. The molecule has 0 fully saturated rings. The van der Waals surface area contributed by atoms with Crippen LogP contribution >= 0.6 is 24.0 Å². The SMILES string of the molecule is CC(=O)Nc1ccc(CCN=C(N)Nc2cccc3c2CCCC3)cc1.I. The van der Waals surface area contributed by atoms with Crippen molar-refractivity contribution in [2.45, 2.75) is 39.0 Å². The van der Waals surface area contributed by atoms with Gasteiger partial charge < -0.3 is 16.4 Å². The fourth-order valence-electron chi connectivity index (χ4n) is 3.34. The molecule has 144 valence electrons. The van der Waals surface area contributed by atoms with Crippen molar-refractivity contribution in [3.05, 3.63) is 59.2 Å². The number of hydrogen-bond donors (Lipinski definition) is 3. The highest BCUT2D eigenvalue weighted by Gasteiger charge is 2.13. The van der Waals surface area contributed by atoms with E-state index in [-0.39, 0.29) is 29.9 Å². The van der Waals surface area contributed by atoms with Gasteiger partial charge in [-0.25, -0.2) is 0 Å². The summed E-state index contributed by atoms with van der Waals surface area (Å²) in [7, 11) is 0. The maximum absolute atomic E-state index is 11.0. The molecule has 0 unspecified atom stereocenters. The summed E-state index contributed by atoms with van der Waals surface area (Å²) in [5.74, 6) is 0.392. The molecule has 0 saturated carbocycles. The number of amides is 1. The minimum absolute atomic E-state index is 0. The largest absolute Gasteiger partial charge is 0.370 e. The lowest BCUT2D eigenvalue weighted by atomic mass is 9.90. The van der Waals surface area contributed by atoms with Gasteiger partial charge in [0.15, 0.2) is 5.96 Å². The van der Waals surface area contributed by atoms with Crippen molar-refractivity contribution in [2.24, 2.45) is 10.7 Å². The summed E-state index contributed by atoms with van der Waals surface area (Å²) in [5, 5.41) is 6.03. The van der Waals surface area contributed by atoms with Crippen LogP contribution in [0.15, 0.2) is 47.5 Å². The first kappa shape index (κ1) is 21.2. The summed E-state index contributed by atoms with van der Waals surface area (Å²) in [6, 6.07) is 14.2. The third-order valence-electron chi connectivity index (χ3n) is 4.62. The summed E-state index contributed by atoms with van der Waals surface area (Å²) < 4.78 is 0. The van der Waals surface area contributed by atoms with Gasteiger partial charge in [-0.05, 0) is 67.0 Å². The van der Waals surface area contributed by atoms with E-state index in [2.05, 4.69) is 33.8 Å². The van der Waals surface area contributed by atoms with Crippen molar-refractivity contribution in [1.82, 2.24) is 0 Å². The van der Waals surface area contributed by atoms with Gasteiger partial charge in [0.1, 0.15) is 0 Å². The molecule has 0 spiro atoms. The Morgan fingerprint density at radius 2 is 1.81 bits per heavy atom. The first-order valence-electron chi connectivity index (χ1n) is 9.16. The Hall–Kier alpha value is -2.09. The summed E-state index contributed by atoms with van der Waals surface area (Å²) in [5.41, 5.74) is 11.9. The molecule has 5 nitrogen and oxygen atoms in total. The van der Waals surface area contributed by atoms with E-state index >= 15 is 0 Å². The topological polar surface area (TPSA) is 79.5 Å². The zero-order chi connectivity index (χ0) is 18.4. The number of aliphatic imine (C=N–C) groups is 1. The van der Waals surface area contributed by atoms with Crippen molar-refractivity contribution in [3.8, 4) is 0 Å². The molecule has 0 atom stereocenters. The zero-order valence-electron chi connectivity index (χ0n) is 15.6. The molecule has 4 N–H and O–H groups in total. The highest BCUT2D eigenvalue weighted by Crippen LogP contribution is 2.27. The molecule has 2 aromatic rings. The Balaban J connectivity index is 0.00000261. The summed E-state index contributed by atoms with van der Waals surface area (Å²) in [4.78, 5) is 15.5. The molecule has 1 aliphatic rings. The number of nitrogens with two attached hydrogens (primary N) is 1. The van der Waals surface area contributed by atoms with Crippen LogP contribution in [0, 0.1) is 0 Å². The van der Waals surface area contributed by atoms with Gasteiger partial charge >= 0.3 is 0 Å². The molecule has 1 aliphatic carbocycles. The average molecular weight is 478 g/mol. The highest BCUT2D eigenvalue weighted by molar-refractivity contribution is 14.0. The minimum atomic E-state index is -0.0655. The van der Waals surface area contributed by atoms with Crippen LogP contribution in [-0.4, -0.2) is 18.4 Å². The molecule has 0 radical (unpaired) electrons. The Kier molecular flexibility index (Phi) is 8.09. The van der Waals surface area contributed by atoms with Crippen LogP contribution in [0.5, 0.6) is 0 Å². The number of nitrogens with zero attached hydrogens (tertiary/aromatic N) is 1. The van der Waals surface area contributed by atoms with Crippen molar-refractivity contribution < 1.29 is 4.79 Å². The predicted octanol–water partition coefficient (Wildman–Crippen LogP) is 4.11. The minimum Gasteiger partial charge on any atom is -0.370 e. The predicted molar refractivity (Wildman–Crippen MR) is 123 cm³/mol. The van der Waals surface area contributed by atoms with Crippen molar-refractivity contribution in [1.29, 1.82) is 0 Å². The second-order valence-electron chi connectivity index (χ2n) is 6.67. The summed E-state index contributed by atoms with van der Waals surface area (Å²) in [6.45, 7) is 2.12. The molecular formula is C21H27IN4O. The number of fused-ring (bicyclic) bond motifs is 1. The molecule has 0 bridgehead atoms. The van der Waals surface area contributed by atoms with E-state index in [4.69, 9.17) is 5.73 Å². The Morgan fingerprint density at radius 3 is 2.56 bits per heavy atom. The molecule has 2 aromatic carbocycles. The Morgan fingerprint density at radius 1 is 1.07 bits per heavy atom.